The molecule has 126 valence electrons. The van der Waals surface area contributed by atoms with Crippen molar-refractivity contribution in [1.82, 2.24) is 19.8 Å². The maximum absolute atomic E-state index is 12.3. The molecule has 2 aromatic rings. The first-order chi connectivity index (χ1) is 11.7. The topological polar surface area (TPSA) is 65.7 Å². The summed E-state index contributed by atoms with van der Waals surface area (Å²) in [5, 5.41) is 0. The molecule has 4 rings (SSSR count). The van der Waals surface area contributed by atoms with E-state index in [1.807, 2.05) is 11.0 Å². The van der Waals surface area contributed by atoms with Crippen molar-refractivity contribution in [3.63, 3.8) is 0 Å². The maximum Gasteiger partial charge on any atom is 0.289 e. The molecule has 0 aromatic carbocycles. The Morgan fingerprint density at radius 1 is 1.12 bits per heavy atom. The van der Waals surface area contributed by atoms with Crippen LogP contribution in [0, 0.1) is 0 Å². The standard InChI is InChI=1S/C16H18BrN5O2/c17-14-3-2-13(24-14)15(23)22-10-12(11-22)20-6-8-21(9-7-20)16-18-4-1-5-19-16/h1-5,12H,6-11H2. The largest absolute Gasteiger partial charge is 0.444 e. The Labute approximate surface area is 148 Å². The van der Waals surface area contributed by atoms with Crippen molar-refractivity contribution in [3.8, 4) is 0 Å². The number of hydrogen-bond acceptors (Lipinski definition) is 6. The van der Waals surface area contributed by atoms with E-state index >= 15 is 0 Å². The summed E-state index contributed by atoms with van der Waals surface area (Å²) in [6.07, 6.45) is 3.55. The molecule has 0 radical (unpaired) electrons. The molecule has 0 atom stereocenters. The van der Waals surface area contributed by atoms with E-state index in [-0.39, 0.29) is 5.91 Å². The van der Waals surface area contributed by atoms with E-state index < -0.39 is 0 Å². The van der Waals surface area contributed by atoms with Gasteiger partial charge in [-0.05, 0) is 34.1 Å². The molecule has 2 aliphatic rings. The van der Waals surface area contributed by atoms with Gasteiger partial charge in [0, 0.05) is 57.7 Å². The zero-order valence-electron chi connectivity index (χ0n) is 13.1. The smallest absolute Gasteiger partial charge is 0.289 e. The van der Waals surface area contributed by atoms with E-state index in [0.29, 0.717) is 16.5 Å². The SMILES string of the molecule is O=C(c1ccc(Br)o1)N1CC(N2CCN(c3ncccn3)CC2)C1. The highest BCUT2D eigenvalue weighted by atomic mass is 79.9. The minimum absolute atomic E-state index is 0.0340. The van der Waals surface area contributed by atoms with Crippen LogP contribution in [0.1, 0.15) is 10.6 Å². The third kappa shape index (κ3) is 3.03. The minimum Gasteiger partial charge on any atom is -0.444 e. The van der Waals surface area contributed by atoms with Crippen LogP contribution in [-0.4, -0.2) is 71.0 Å². The van der Waals surface area contributed by atoms with Gasteiger partial charge in [0.05, 0.1) is 0 Å². The van der Waals surface area contributed by atoms with E-state index in [1.165, 1.54) is 0 Å². The fourth-order valence-corrected chi connectivity index (χ4v) is 3.49. The van der Waals surface area contributed by atoms with Crippen LogP contribution in [0.2, 0.25) is 0 Å². The number of amides is 1. The number of carbonyl (C=O) groups is 1. The number of anilines is 1. The Morgan fingerprint density at radius 3 is 2.46 bits per heavy atom. The third-order valence-corrected chi connectivity index (χ3v) is 5.03. The highest BCUT2D eigenvalue weighted by Crippen LogP contribution is 2.22. The molecule has 2 saturated heterocycles. The molecule has 2 aliphatic heterocycles. The fraction of sp³-hybridized carbons (Fsp3) is 0.438. The van der Waals surface area contributed by atoms with Gasteiger partial charge in [0.1, 0.15) is 0 Å². The van der Waals surface area contributed by atoms with Crippen LogP contribution in [0.5, 0.6) is 0 Å². The van der Waals surface area contributed by atoms with Gasteiger partial charge in [0.2, 0.25) is 5.95 Å². The molecule has 0 unspecified atom stereocenters. The number of rotatable bonds is 3. The molecule has 2 aromatic heterocycles. The van der Waals surface area contributed by atoms with Crippen LogP contribution in [0.4, 0.5) is 5.95 Å². The number of furan rings is 1. The van der Waals surface area contributed by atoms with Crippen LogP contribution in [0.15, 0.2) is 39.7 Å². The zero-order chi connectivity index (χ0) is 16.5. The third-order valence-electron chi connectivity index (χ3n) is 4.60. The average Bonchev–Trinajstić information content (AvgIpc) is 3.01. The van der Waals surface area contributed by atoms with Gasteiger partial charge in [0.25, 0.3) is 5.91 Å². The first-order valence-electron chi connectivity index (χ1n) is 8.01. The van der Waals surface area contributed by atoms with Crippen molar-refractivity contribution >= 4 is 27.8 Å². The summed E-state index contributed by atoms with van der Waals surface area (Å²) in [5.74, 6) is 1.16. The quantitative estimate of drug-likeness (QED) is 0.789. The minimum atomic E-state index is -0.0340. The number of carbonyl (C=O) groups excluding carboxylic acids is 1. The van der Waals surface area contributed by atoms with Crippen molar-refractivity contribution < 1.29 is 9.21 Å². The van der Waals surface area contributed by atoms with Crippen LogP contribution in [0.25, 0.3) is 0 Å². The normalized spacial score (nSPS) is 19.4. The molecule has 0 N–H and O–H groups in total. The molecule has 0 bridgehead atoms. The van der Waals surface area contributed by atoms with Gasteiger partial charge >= 0.3 is 0 Å². The van der Waals surface area contributed by atoms with Crippen molar-refractivity contribution in [3.05, 3.63) is 41.0 Å². The molecule has 4 heterocycles. The summed E-state index contributed by atoms with van der Waals surface area (Å²) in [4.78, 5) is 27.4. The second-order valence-corrected chi connectivity index (χ2v) is 6.82. The second-order valence-electron chi connectivity index (χ2n) is 6.04. The molecule has 0 saturated carbocycles. The lowest BCUT2D eigenvalue weighted by Gasteiger charge is -2.47. The van der Waals surface area contributed by atoms with E-state index in [0.717, 1.165) is 45.2 Å². The van der Waals surface area contributed by atoms with Gasteiger partial charge in [-0.2, -0.15) is 0 Å². The lowest BCUT2D eigenvalue weighted by Crippen LogP contribution is -2.64. The predicted molar refractivity (Wildman–Crippen MR) is 91.9 cm³/mol. The summed E-state index contributed by atoms with van der Waals surface area (Å²) in [7, 11) is 0. The zero-order valence-corrected chi connectivity index (χ0v) is 14.7. The highest BCUT2D eigenvalue weighted by molar-refractivity contribution is 9.10. The lowest BCUT2D eigenvalue weighted by atomic mass is 10.1. The Balaban J connectivity index is 1.27. The molecule has 0 aliphatic carbocycles. The maximum atomic E-state index is 12.3. The van der Waals surface area contributed by atoms with E-state index in [4.69, 9.17) is 4.42 Å². The number of nitrogens with zero attached hydrogens (tertiary/aromatic N) is 5. The molecular formula is C16H18BrN5O2. The van der Waals surface area contributed by atoms with Crippen LogP contribution >= 0.6 is 15.9 Å². The van der Waals surface area contributed by atoms with Crippen LogP contribution in [-0.2, 0) is 0 Å². The van der Waals surface area contributed by atoms with Gasteiger partial charge < -0.3 is 14.2 Å². The van der Waals surface area contributed by atoms with E-state index in [9.17, 15) is 4.79 Å². The number of piperazine rings is 1. The summed E-state index contributed by atoms with van der Waals surface area (Å²) in [6, 6.07) is 5.72. The summed E-state index contributed by atoms with van der Waals surface area (Å²) in [6.45, 7) is 5.30. The van der Waals surface area contributed by atoms with Gasteiger partial charge in [-0.15, -0.1) is 0 Å². The number of hydrogen-bond donors (Lipinski definition) is 0. The van der Waals surface area contributed by atoms with Gasteiger partial charge in [-0.25, -0.2) is 9.97 Å². The Bertz CT molecular complexity index is 708. The monoisotopic (exact) mass is 391 g/mol. The lowest BCUT2D eigenvalue weighted by molar-refractivity contribution is 0.0222. The summed E-state index contributed by atoms with van der Waals surface area (Å²) < 4.78 is 5.92. The summed E-state index contributed by atoms with van der Waals surface area (Å²) in [5.41, 5.74) is 0. The fourth-order valence-electron chi connectivity index (χ4n) is 3.18. The molecule has 7 nitrogen and oxygen atoms in total. The average molecular weight is 392 g/mol. The predicted octanol–water partition coefficient (Wildman–Crippen LogP) is 1.48. The van der Waals surface area contributed by atoms with E-state index in [2.05, 4.69) is 35.7 Å². The second kappa shape index (κ2) is 6.52. The van der Waals surface area contributed by atoms with E-state index in [1.54, 1.807) is 24.5 Å². The summed E-state index contributed by atoms with van der Waals surface area (Å²) >= 11 is 3.23. The molecule has 24 heavy (non-hydrogen) atoms. The van der Waals surface area contributed by atoms with Gasteiger partial charge in [-0.1, -0.05) is 0 Å². The highest BCUT2D eigenvalue weighted by Gasteiger charge is 2.37. The molecule has 0 spiro atoms. The van der Waals surface area contributed by atoms with Crippen LogP contribution in [0.3, 0.4) is 0 Å². The number of aromatic nitrogens is 2. The Hall–Kier alpha value is -1.93. The number of halogens is 1. The van der Waals surface area contributed by atoms with Crippen molar-refractivity contribution in [2.75, 3.05) is 44.2 Å². The molecule has 2 fully saturated rings. The van der Waals surface area contributed by atoms with Crippen molar-refractivity contribution in [2.45, 2.75) is 6.04 Å². The first kappa shape index (κ1) is 15.6. The Kier molecular flexibility index (Phi) is 4.24. The molecule has 8 heteroatoms. The molecule has 1 amide bonds. The van der Waals surface area contributed by atoms with Crippen molar-refractivity contribution in [2.24, 2.45) is 0 Å². The van der Waals surface area contributed by atoms with Crippen LogP contribution < -0.4 is 4.90 Å². The van der Waals surface area contributed by atoms with Gasteiger partial charge in [0.15, 0.2) is 10.4 Å². The number of likely N-dealkylation sites (tertiary alicyclic amines) is 1. The Morgan fingerprint density at radius 2 is 1.83 bits per heavy atom. The molecular weight excluding hydrogens is 374 g/mol. The van der Waals surface area contributed by atoms with Gasteiger partial charge in [-0.3, -0.25) is 9.69 Å². The first-order valence-corrected chi connectivity index (χ1v) is 8.80. The van der Waals surface area contributed by atoms with Crippen molar-refractivity contribution in [1.29, 1.82) is 0 Å².